The Balaban J connectivity index is 4.42. The molecule has 0 saturated heterocycles. The van der Waals surface area contributed by atoms with Gasteiger partial charge in [0.2, 0.25) is 0 Å². The summed E-state index contributed by atoms with van der Waals surface area (Å²) in [6.07, 6.45) is 82.1. The van der Waals surface area contributed by atoms with Crippen LogP contribution in [0.3, 0.4) is 0 Å². The van der Waals surface area contributed by atoms with Crippen LogP contribution < -0.4 is 0 Å². The molecule has 0 rings (SSSR count). The van der Waals surface area contributed by atoms with Crippen LogP contribution in [0.1, 0.15) is 258 Å². The normalized spacial score (nSPS) is 13.0. The topological polar surface area (TPSA) is 78.9 Å². The van der Waals surface area contributed by atoms with Gasteiger partial charge in [-0.15, -0.1) is 0 Å². The highest BCUT2D eigenvalue weighted by molar-refractivity contribution is 5.71. The van der Waals surface area contributed by atoms with Crippen molar-refractivity contribution in [3.8, 4) is 0 Å². The van der Waals surface area contributed by atoms with Gasteiger partial charge in [0.05, 0.1) is 0 Å². The zero-order valence-corrected chi connectivity index (χ0v) is 46.7. The van der Waals surface area contributed by atoms with Crippen molar-refractivity contribution in [2.24, 2.45) is 0 Å². The summed E-state index contributed by atoms with van der Waals surface area (Å²) in [7, 11) is 0. The maximum Gasteiger partial charge on any atom is 0.306 e. The van der Waals surface area contributed by atoms with Crippen LogP contribution in [0.4, 0.5) is 0 Å². The average molecular weight is 998 g/mol. The number of carbonyl (C=O) groups excluding carboxylic acids is 3. The SMILES string of the molecule is CC/C=C\C/C=C\C/C=C\C/C=C\CCCCCCCCCCCCC(=O)OCC(COC(=O)CC/C=C\C/C=C\C/C=C\C/C=C\CC)OC(=O)CCCCCCCCC/C=C\C/C=C\CCCCCC. The molecule has 0 aromatic rings. The highest BCUT2D eigenvalue weighted by Gasteiger charge is 2.19. The van der Waals surface area contributed by atoms with Crippen LogP contribution in [0.5, 0.6) is 0 Å². The van der Waals surface area contributed by atoms with Crippen LogP contribution in [0.15, 0.2) is 122 Å². The van der Waals surface area contributed by atoms with E-state index in [0.717, 1.165) is 103 Å². The predicted octanol–water partition coefficient (Wildman–Crippen LogP) is 20.0. The van der Waals surface area contributed by atoms with E-state index in [4.69, 9.17) is 14.2 Å². The highest BCUT2D eigenvalue weighted by Crippen LogP contribution is 2.15. The quantitative estimate of drug-likeness (QED) is 0.0261. The third-order valence-electron chi connectivity index (χ3n) is 12.2. The van der Waals surface area contributed by atoms with Crippen LogP contribution in [-0.2, 0) is 28.6 Å². The Labute approximate surface area is 443 Å². The van der Waals surface area contributed by atoms with E-state index >= 15 is 0 Å². The van der Waals surface area contributed by atoms with Gasteiger partial charge < -0.3 is 14.2 Å². The maximum absolute atomic E-state index is 12.9. The predicted molar refractivity (Wildman–Crippen MR) is 311 cm³/mol. The molecular formula is C66H108O6. The average Bonchev–Trinajstić information content (AvgIpc) is 3.38. The lowest BCUT2D eigenvalue weighted by Gasteiger charge is -2.18. The summed E-state index contributed by atoms with van der Waals surface area (Å²) in [5, 5.41) is 0. The van der Waals surface area contributed by atoms with E-state index in [-0.39, 0.29) is 37.5 Å². The molecule has 0 aliphatic rings. The van der Waals surface area contributed by atoms with Crippen molar-refractivity contribution in [1.82, 2.24) is 0 Å². The van der Waals surface area contributed by atoms with E-state index in [1.807, 2.05) is 6.08 Å². The molecule has 0 aliphatic carbocycles. The lowest BCUT2D eigenvalue weighted by Crippen LogP contribution is -2.30. The van der Waals surface area contributed by atoms with Gasteiger partial charge in [0.15, 0.2) is 6.10 Å². The number of unbranched alkanes of at least 4 members (excludes halogenated alkanes) is 21. The van der Waals surface area contributed by atoms with E-state index in [2.05, 4.69) is 136 Å². The Morgan fingerprint density at radius 2 is 0.569 bits per heavy atom. The second-order valence-corrected chi connectivity index (χ2v) is 19.1. The standard InChI is InChI=1S/C66H108O6/c1-4-7-10-13-16-19-22-25-27-29-31-32-33-34-35-37-38-41-44-47-50-53-56-59-65(68)71-62-63(61-70-64(67)58-55-52-49-46-43-40-24-21-18-15-12-9-6-3)72-66(69)60-57-54-51-48-45-42-39-36-30-28-26-23-20-17-14-11-8-5-2/h7,9-10,12,16,18-21,23,25,27-28,30-32,40,43,49,52,63H,4-6,8,11,13-15,17,22,24,26,29,33-39,41-42,44-48,50-51,53-62H2,1-3H3/b10-7-,12-9-,19-16-,21-18-,23-20-,27-25-,30-28-,32-31-,43-40-,52-49-. The summed E-state index contributed by atoms with van der Waals surface area (Å²) in [4.78, 5) is 38.2. The second-order valence-electron chi connectivity index (χ2n) is 19.1. The number of carbonyl (C=O) groups is 3. The molecule has 0 saturated carbocycles. The molecule has 0 spiro atoms. The Morgan fingerprint density at radius 3 is 0.931 bits per heavy atom. The molecule has 1 atom stereocenters. The molecule has 0 aromatic heterocycles. The first-order chi connectivity index (χ1) is 35.5. The van der Waals surface area contributed by atoms with Crippen molar-refractivity contribution in [1.29, 1.82) is 0 Å². The Kier molecular flexibility index (Phi) is 55.9. The van der Waals surface area contributed by atoms with Gasteiger partial charge in [-0.25, -0.2) is 0 Å². The van der Waals surface area contributed by atoms with Crippen molar-refractivity contribution in [2.45, 2.75) is 264 Å². The third kappa shape index (κ3) is 56.7. The molecule has 6 heteroatoms. The van der Waals surface area contributed by atoms with Gasteiger partial charge in [0.25, 0.3) is 0 Å². The minimum absolute atomic E-state index is 0.108. The van der Waals surface area contributed by atoms with E-state index in [9.17, 15) is 14.4 Å². The number of hydrogen-bond acceptors (Lipinski definition) is 6. The molecule has 0 amide bonds. The van der Waals surface area contributed by atoms with Crippen LogP contribution in [0.25, 0.3) is 0 Å². The fourth-order valence-electron chi connectivity index (χ4n) is 7.83. The largest absolute Gasteiger partial charge is 0.462 e. The molecule has 0 fully saturated rings. The number of hydrogen-bond donors (Lipinski definition) is 0. The molecule has 408 valence electrons. The summed E-state index contributed by atoms with van der Waals surface area (Å²) in [5.74, 6) is -1.00. The molecule has 0 aromatic carbocycles. The van der Waals surface area contributed by atoms with Gasteiger partial charge in [0, 0.05) is 19.3 Å². The van der Waals surface area contributed by atoms with Crippen LogP contribution in [0, 0.1) is 0 Å². The third-order valence-corrected chi connectivity index (χ3v) is 12.2. The summed E-state index contributed by atoms with van der Waals surface area (Å²) >= 11 is 0. The smallest absolute Gasteiger partial charge is 0.306 e. The van der Waals surface area contributed by atoms with Crippen molar-refractivity contribution < 1.29 is 28.6 Å². The molecule has 72 heavy (non-hydrogen) atoms. The van der Waals surface area contributed by atoms with Crippen molar-refractivity contribution in [3.05, 3.63) is 122 Å². The molecule has 1 unspecified atom stereocenters. The first-order valence-electron chi connectivity index (χ1n) is 29.5. The van der Waals surface area contributed by atoms with Crippen LogP contribution in [-0.4, -0.2) is 37.2 Å². The highest BCUT2D eigenvalue weighted by atomic mass is 16.6. The fraction of sp³-hybridized carbons (Fsp3) is 0.652. The van der Waals surface area contributed by atoms with Crippen molar-refractivity contribution in [3.63, 3.8) is 0 Å². The van der Waals surface area contributed by atoms with Crippen LogP contribution >= 0.6 is 0 Å². The van der Waals surface area contributed by atoms with Gasteiger partial charge >= 0.3 is 17.9 Å². The molecule has 0 N–H and O–H groups in total. The minimum Gasteiger partial charge on any atom is -0.462 e. The van der Waals surface area contributed by atoms with E-state index < -0.39 is 6.10 Å². The zero-order chi connectivity index (χ0) is 52.2. The van der Waals surface area contributed by atoms with Gasteiger partial charge in [-0.05, 0) is 116 Å². The zero-order valence-electron chi connectivity index (χ0n) is 46.7. The number of rotatable bonds is 52. The first-order valence-corrected chi connectivity index (χ1v) is 29.5. The Morgan fingerprint density at radius 1 is 0.292 bits per heavy atom. The monoisotopic (exact) mass is 997 g/mol. The molecule has 0 aliphatic heterocycles. The first kappa shape index (κ1) is 67.8. The molecular weight excluding hydrogens is 889 g/mol. The summed E-state index contributed by atoms with van der Waals surface area (Å²) in [6, 6.07) is 0. The molecule has 0 heterocycles. The molecule has 0 radical (unpaired) electrons. The number of esters is 3. The lowest BCUT2D eigenvalue weighted by atomic mass is 10.1. The van der Waals surface area contributed by atoms with E-state index in [1.165, 1.54) is 109 Å². The second kappa shape index (κ2) is 59.4. The van der Waals surface area contributed by atoms with Crippen molar-refractivity contribution >= 4 is 17.9 Å². The van der Waals surface area contributed by atoms with Gasteiger partial charge in [0.1, 0.15) is 13.2 Å². The van der Waals surface area contributed by atoms with E-state index in [0.29, 0.717) is 19.3 Å². The molecule has 0 bridgehead atoms. The lowest BCUT2D eigenvalue weighted by molar-refractivity contribution is -0.166. The summed E-state index contributed by atoms with van der Waals surface area (Å²) in [5.41, 5.74) is 0. The summed E-state index contributed by atoms with van der Waals surface area (Å²) in [6.45, 7) is 6.32. The minimum atomic E-state index is -0.816. The number of ether oxygens (including phenoxy) is 3. The fourth-order valence-corrected chi connectivity index (χ4v) is 7.83. The van der Waals surface area contributed by atoms with Crippen molar-refractivity contribution in [2.75, 3.05) is 13.2 Å². The molecule has 6 nitrogen and oxygen atoms in total. The maximum atomic E-state index is 12.9. The van der Waals surface area contributed by atoms with Gasteiger partial charge in [-0.2, -0.15) is 0 Å². The van der Waals surface area contributed by atoms with Gasteiger partial charge in [-0.1, -0.05) is 245 Å². The van der Waals surface area contributed by atoms with E-state index in [1.54, 1.807) is 0 Å². The van der Waals surface area contributed by atoms with Gasteiger partial charge in [-0.3, -0.25) is 14.4 Å². The Bertz CT molecular complexity index is 1520. The number of allylic oxidation sites excluding steroid dienone is 20. The Hall–Kier alpha value is -4.19. The summed E-state index contributed by atoms with van der Waals surface area (Å²) < 4.78 is 16.8. The van der Waals surface area contributed by atoms with Crippen LogP contribution in [0.2, 0.25) is 0 Å².